The molecule has 1 N–H and O–H groups in total. The number of piperidine rings is 3. The van der Waals surface area contributed by atoms with Crippen LogP contribution in [0.2, 0.25) is 0 Å². The molecule has 3 aromatic carbocycles. The number of piperazine rings is 1. The highest BCUT2D eigenvalue weighted by Gasteiger charge is 2.45. The summed E-state index contributed by atoms with van der Waals surface area (Å²) < 4.78 is 15.0. The van der Waals surface area contributed by atoms with Gasteiger partial charge < -0.3 is 24.5 Å². The Morgan fingerprint density at radius 2 is 1.39 bits per heavy atom. The number of likely N-dealkylation sites (N-methyl/N-ethyl adjacent to an activating group) is 1. The van der Waals surface area contributed by atoms with Gasteiger partial charge in [0.2, 0.25) is 23.6 Å². The minimum Gasteiger partial charge on any atom is -0.371 e. The molecule has 5 saturated heterocycles. The van der Waals surface area contributed by atoms with Crippen LogP contribution in [0.5, 0.6) is 0 Å². The molecule has 0 radical (unpaired) electrons. The number of benzene rings is 3. The summed E-state index contributed by atoms with van der Waals surface area (Å²) in [4.78, 5) is 92.1. The number of rotatable bonds is 10. The summed E-state index contributed by atoms with van der Waals surface area (Å²) in [5, 5.41) is 2.23. The van der Waals surface area contributed by atoms with Crippen LogP contribution in [-0.2, 0) is 25.6 Å². The van der Waals surface area contributed by atoms with Gasteiger partial charge in [-0.25, -0.2) is 4.39 Å². The van der Waals surface area contributed by atoms with Crippen molar-refractivity contribution in [1.29, 1.82) is 0 Å². The number of fused-ring (bicyclic) bond motifs is 2. The molecule has 67 heavy (non-hydrogen) atoms. The van der Waals surface area contributed by atoms with Gasteiger partial charge in [0.05, 0.1) is 11.1 Å². The van der Waals surface area contributed by atoms with Crippen molar-refractivity contribution in [3.63, 3.8) is 0 Å². The fourth-order valence-electron chi connectivity index (χ4n) is 12.3. The average molecular weight is 915 g/mol. The fourth-order valence-corrected chi connectivity index (χ4v) is 12.3. The normalized spacial score (nSPS) is 25.3. The van der Waals surface area contributed by atoms with E-state index in [1.165, 1.54) is 11.3 Å². The van der Waals surface area contributed by atoms with Crippen LogP contribution in [0, 0.1) is 17.7 Å². The maximum absolute atomic E-state index is 15.0. The summed E-state index contributed by atoms with van der Waals surface area (Å²) >= 11 is 0. The van der Waals surface area contributed by atoms with E-state index < -0.39 is 29.7 Å². The van der Waals surface area contributed by atoms with Crippen LogP contribution in [-0.4, -0.2) is 152 Å². The van der Waals surface area contributed by atoms with Crippen molar-refractivity contribution in [2.45, 2.75) is 88.3 Å². The van der Waals surface area contributed by atoms with Crippen molar-refractivity contribution >= 4 is 46.8 Å². The fraction of sp³-hybridized carbons (Fsp3) is 0.538. The number of hydrogen-bond acceptors (Lipinski definition) is 10. The first-order valence-electron chi connectivity index (χ1n) is 24.6. The Morgan fingerprint density at radius 3 is 2.10 bits per heavy atom. The number of anilines is 2. The summed E-state index contributed by atoms with van der Waals surface area (Å²) in [6.45, 7) is 7.56. The highest BCUT2D eigenvalue weighted by molar-refractivity contribution is 6.23. The average Bonchev–Trinajstić information content (AvgIpc) is 4.06. The third-order valence-electron chi connectivity index (χ3n) is 16.2. The lowest BCUT2D eigenvalue weighted by Crippen LogP contribution is -2.54. The Labute approximate surface area is 392 Å². The Morgan fingerprint density at radius 1 is 0.701 bits per heavy atom. The van der Waals surface area contributed by atoms with E-state index in [2.05, 4.69) is 69.3 Å². The van der Waals surface area contributed by atoms with Gasteiger partial charge in [-0.15, -0.1) is 0 Å². The molecule has 0 saturated carbocycles. The Hall–Kier alpha value is -5.67. The van der Waals surface area contributed by atoms with Crippen molar-refractivity contribution in [2.24, 2.45) is 11.8 Å². The highest BCUT2D eigenvalue weighted by Crippen LogP contribution is 2.43. The second-order valence-electron chi connectivity index (χ2n) is 20.2. The zero-order valence-electron chi connectivity index (χ0n) is 38.8. The van der Waals surface area contributed by atoms with Crippen LogP contribution in [0.3, 0.4) is 0 Å². The predicted molar refractivity (Wildman–Crippen MR) is 251 cm³/mol. The number of hydrogen-bond donors (Lipinski definition) is 1. The Balaban J connectivity index is 0.643. The number of likely N-dealkylation sites (tertiary alicyclic amines) is 2. The summed E-state index contributed by atoms with van der Waals surface area (Å²) in [6, 6.07) is 19.2. The maximum Gasteiger partial charge on any atom is 0.262 e. The van der Waals surface area contributed by atoms with Crippen molar-refractivity contribution < 1.29 is 33.2 Å². The van der Waals surface area contributed by atoms with Gasteiger partial charge in [-0.05, 0) is 119 Å². The van der Waals surface area contributed by atoms with Gasteiger partial charge >= 0.3 is 0 Å². The second kappa shape index (κ2) is 18.8. The molecule has 2 unspecified atom stereocenters. The van der Waals surface area contributed by atoms with Gasteiger partial charge in [-0.3, -0.25) is 43.9 Å². The van der Waals surface area contributed by atoms with Gasteiger partial charge in [-0.2, -0.15) is 0 Å². The van der Waals surface area contributed by atoms with E-state index in [4.69, 9.17) is 0 Å². The third-order valence-corrected chi connectivity index (χ3v) is 16.2. The van der Waals surface area contributed by atoms with Crippen molar-refractivity contribution in [2.75, 3.05) is 89.3 Å². The molecular formula is C52H63FN8O6. The van der Waals surface area contributed by atoms with Gasteiger partial charge in [0.25, 0.3) is 11.8 Å². The number of amides is 6. The zero-order chi connectivity index (χ0) is 46.5. The van der Waals surface area contributed by atoms with Crippen LogP contribution >= 0.6 is 0 Å². The van der Waals surface area contributed by atoms with Gasteiger partial charge in [0, 0.05) is 119 Å². The topological polar surface area (TPSA) is 137 Å². The quantitative estimate of drug-likeness (QED) is 0.282. The second-order valence-corrected chi connectivity index (χ2v) is 20.2. The van der Waals surface area contributed by atoms with E-state index in [1.54, 1.807) is 18.2 Å². The largest absolute Gasteiger partial charge is 0.371 e. The summed E-state index contributed by atoms with van der Waals surface area (Å²) in [5.41, 5.74) is 5.87. The molecule has 6 heterocycles. The first-order chi connectivity index (χ1) is 32.4. The maximum atomic E-state index is 15.0. The minimum absolute atomic E-state index is 0.0713. The number of nitrogens with one attached hydrogen (secondary N) is 1. The predicted octanol–water partition coefficient (Wildman–Crippen LogP) is 4.83. The molecule has 6 aliphatic heterocycles. The van der Waals surface area contributed by atoms with Gasteiger partial charge in [0.15, 0.2) is 0 Å². The molecule has 0 spiro atoms. The molecule has 5 fully saturated rings. The van der Waals surface area contributed by atoms with Gasteiger partial charge in [-0.1, -0.05) is 24.3 Å². The molecule has 3 aromatic rings. The third kappa shape index (κ3) is 8.85. The molecule has 0 bridgehead atoms. The number of nitrogens with zero attached hydrogens (tertiary/aromatic N) is 7. The molecule has 0 aromatic heterocycles. The van der Waals surface area contributed by atoms with E-state index in [1.807, 2.05) is 21.9 Å². The van der Waals surface area contributed by atoms with Crippen LogP contribution in [0.1, 0.15) is 107 Å². The number of carbonyl (C=O) groups excluding carboxylic acids is 6. The Bertz CT molecular complexity index is 2420. The first-order valence-corrected chi connectivity index (χ1v) is 24.6. The van der Waals surface area contributed by atoms with Crippen LogP contribution in [0.25, 0.3) is 0 Å². The smallest absolute Gasteiger partial charge is 0.262 e. The lowest BCUT2D eigenvalue weighted by molar-refractivity contribution is -0.138. The van der Waals surface area contributed by atoms with E-state index in [-0.39, 0.29) is 53.6 Å². The molecule has 6 amide bonds. The summed E-state index contributed by atoms with van der Waals surface area (Å²) in [7, 11) is 4.30. The molecule has 14 nitrogen and oxygen atoms in total. The summed E-state index contributed by atoms with van der Waals surface area (Å²) in [5.74, 6) is -1.06. The molecular weight excluding hydrogens is 852 g/mol. The number of halogens is 1. The number of imide groups is 2. The van der Waals surface area contributed by atoms with Crippen LogP contribution in [0.15, 0.2) is 60.7 Å². The zero-order valence-corrected chi connectivity index (χ0v) is 38.8. The minimum atomic E-state index is -1.00. The van der Waals surface area contributed by atoms with E-state index in [0.717, 1.165) is 80.0 Å². The summed E-state index contributed by atoms with van der Waals surface area (Å²) in [6.07, 6.45) is 6.66. The van der Waals surface area contributed by atoms with E-state index in [9.17, 15) is 33.2 Å². The molecule has 7 aliphatic rings. The SMILES string of the molecule is CN(C)[C@H]1CN(C2CCc3cccc(F)c32)C[C@@H]1c1ccc(N2CCN(C(=O)CCC3CCN(C(=O)C4CCN(c5ccc6c(c5)C(=O)N(C5CCC(=O)NC5=O)C6=O)CC4)CC3)CC2)cc1. The van der Waals surface area contributed by atoms with Crippen molar-refractivity contribution in [1.82, 2.24) is 29.8 Å². The van der Waals surface area contributed by atoms with Crippen molar-refractivity contribution in [3.05, 3.63) is 94.3 Å². The van der Waals surface area contributed by atoms with Crippen LogP contribution < -0.4 is 15.1 Å². The lowest BCUT2D eigenvalue weighted by atomic mass is 9.89. The molecule has 10 rings (SSSR count). The molecule has 15 heteroatoms. The number of carbonyl (C=O) groups is 6. The van der Waals surface area contributed by atoms with Gasteiger partial charge in [0.1, 0.15) is 11.9 Å². The first kappa shape index (κ1) is 45.1. The van der Waals surface area contributed by atoms with E-state index >= 15 is 0 Å². The van der Waals surface area contributed by atoms with E-state index in [0.29, 0.717) is 76.4 Å². The number of aryl methyl sites for hydroxylation is 1. The monoisotopic (exact) mass is 914 g/mol. The standard InChI is InChI=1S/C52H63FN8O6/c1-55(2)45-32-60(43-14-9-35-4-3-5-42(53)48(35)43)31-41(45)34-7-10-37(11-8-34)57-26-28-58(29-27-57)47(63)17-6-33-18-22-59(23-19-33)50(65)36-20-24-56(25-21-36)38-12-13-39-40(30-38)52(67)61(51(39)66)44-15-16-46(62)54-49(44)64/h3-5,7-8,10-13,30,33,36,41,43-45H,6,9,14-29,31-32H2,1-2H3,(H,54,62,64)/t41-,43?,44?,45+/m1/s1. The van der Waals surface area contributed by atoms with Crippen molar-refractivity contribution in [3.8, 4) is 0 Å². The van der Waals surface area contributed by atoms with Crippen LogP contribution in [0.4, 0.5) is 15.8 Å². The lowest BCUT2D eigenvalue weighted by Gasteiger charge is -2.38. The molecule has 354 valence electrons. The molecule has 1 aliphatic carbocycles. The Kier molecular flexibility index (Phi) is 12.7. The highest BCUT2D eigenvalue weighted by atomic mass is 19.1. The molecule has 4 atom stereocenters.